The van der Waals surface area contributed by atoms with Gasteiger partial charge in [-0.15, -0.1) is 0 Å². The first kappa shape index (κ1) is 16.1. The van der Waals surface area contributed by atoms with Crippen molar-refractivity contribution in [1.82, 2.24) is 5.32 Å². The van der Waals surface area contributed by atoms with E-state index in [-0.39, 0.29) is 23.8 Å². The molecule has 2 aliphatic heterocycles. The lowest BCUT2D eigenvalue weighted by molar-refractivity contribution is -0.139. The summed E-state index contributed by atoms with van der Waals surface area (Å²) in [5.74, 6) is 1.79. The van der Waals surface area contributed by atoms with Crippen molar-refractivity contribution in [1.29, 1.82) is 0 Å². The number of carbonyl (C=O) groups is 1. The van der Waals surface area contributed by atoms with Crippen molar-refractivity contribution in [3.63, 3.8) is 0 Å². The van der Waals surface area contributed by atoms with Crippen molar-refractivity contribution < 1.29 is 22.7 Å². The van der Waals surface area contributed by atoms with E-state index in [1.165, 1.54) is 0 Å². The molecule has 1 N–H and O–H groups in total. The van der Waals surface area contributed by atoms with Crippen LogP contribution in [0.4, 0.5) is 13.2 Å². The van der Waals surface area contributed by atoms with E-state index in [0.29, 0.717) is 19.4 Å². The Bertz CT molecular complexity index is 337. The second-order valence-corrected chi connectivity index (χ2v) is 6.74. The van der Waals surface area contributed by atoms with E-state index < -0.39 is 12.7 Å². The minimum absolute atomic E-state index is 0.116. The van der Waals surface area contributed by atoms with E-state index in [0.717, 1.165) is 24.3 Å². The zero-order chi connectivity index (χ0) is 14.6. The number of hydrogen-bond acceptors (Lipinski definition) is 4. The van der Waals surface area contributed by atoms with Crippen LogP contribution in [-0.2, 0) is 9.53 Å². The zero-order valence-corrected chi connectivity index (χ0v) is 12.1. The normalized spacial score (nSPS) is 26.6. The summed E-state index contributed by atoms with van der Waals surface area (Å²) in [6, 6.07) is 0. The smallest absolute Gasteiger partial charge is 0.375 e. The van der Waals surface area contributed by atoms with E-state index in [2.05, 4.69) is 5.32 Å². The summed E-state index contributed by atoms with van der Waals surface area (Å²) < 4.78 is 42.0. The Balaban J connectivity index is 1.81. The van der Waals surface area contributed by atoms with Gasteiger partial charge in [-0.1, -0.05) is 0 Å². The lowest BCUT2D eigenvalue weighted by Crippen LogP contribution is -2.46. The van der Waals surface area contributed by atoms with Gasteiger partial charge in [-0.2, -0.15) is 24.9 Å². The van der Waals surface area contributed by atoms with E-state index in [1.54, 1.807) is 0 Å². The van der Waals surface area contributed by atoms with Crippen molar-refractivity contribution in [2.45, 2.75) is 37.5 Å². The highest BCUT2D eigenvalue weighted by Gasteiger charge is 2.40. The second-order valence-electron chi connectivity index (χ2n) is 5.52. The van der Waals surface area contributed by atoms with Gasteiger partial charge in [-0.05, 0) is 37.2 Å². The van der Waals surface area contributed by atoms with Gasteiger partial charge in [0.1, 0.15) is 5.78 Å². The van der Waals surface area contributed by atoms with Gasteiger partial charge in [0, 0.05) is 12.5 Å². The predicted octanol–water partition coefficient (Wildman–Crippen LogP) is 2.40. The molecule has 2 fully saturated rings. The van der Waals surface area contributed by atoms with Gasteiger partial charge in [0.15, 0.2) is 0 Å². The first-order chi connectivity index (χ1) is 9.40. The SMILES string of the molecule is O=C(CNCC(F)(F)F)C1CCOC2(CCSCC2)C1. The third-order valence-electron chi connectivity index (χ3n) is 3.98. The van der Waals surface area contributed by atoms with Crippen molar-refractivity contribution in [3.8, 4) is 0 Å². The van der Waals surface area contributed by atoms with Crippen LogP contribution in [0.25, 0.3) is 0 Å². The molecule has 2 rings (SSSR count). The standard InChI is InChI=1S/C13H20F3NO2S/c14-13(15,16)9-17-8-11(18)10-1-4-19-12(7-10)2-5-20-6-3-12/h10,17H,1-9H2. The van der Waals surface area contributed by atoms with Crippen molar-refractivity contribution in [3.05, 3.63) is 0 Å². The van der Waals surface area contributed by atoms with E-state index in [4.69, 9.17) is 4.74 Å². The molecule has 1 spiro atoms. The highest BCUT2D eigenvalue weighted by molar-refractivity contribution is 7.99. The maximum absolute atomic E-state index is 12.0. The van der Waals surface area contributed by atoms with E-state index >= 15 is 0 Å². The average Bonchev–Trinajstić information content (AvgIpc) is 2.38. The minimum atomic E-state index is -4.27. The number of halogens is 3. The molecule has 0 saturated carbocycles. The Morgan fingerprint density at radius 3 is 2.70 bits per heavy atom. The van der Waals surface area contributed by atoms with Gasteiger partial charge in [-0.3, -0.25) is 4.79 Å². The third-order valence-corrected chi connectivity index (χ3v) is 4.96. The van der Waals surface area contributed by atoms with Crippen molar-refractivity contribution in [2.75, 3.05) is 31.2 Å². The van der Waals surface area contributed by atoms with Gasteiger partial charge in [0.25, 0.3) is 0 Å². The predicted molar refractivity (Wildman–Crippen MR) is 71.9 cm³/mol. The molecule has 20 heavy (non-hydrogen) atoms. The molecule has 0 aromatic rings. The summed E-state index contributed by atoms with van der Waals surface area (Å²) in [4.78, 5) is 12.0. The number of Topliss-reactive ketones (excluding diaryl/α,β-unsaturated/α-hetero) is 1. The molecular formula is C13H20F3NO2S. The number of alkyl halides is 3. The number of rotatable bonds is 4. The Hall–Kier alpha value is -0.270. The molecule has 0 bridgehead atoms. The second kappa shape index (κ2) is 6.66. The molecule has 7 heteroatoms. The quantitative estimate of drug-likeness (QED) is 0.865. The Labute approximate surface area is 121 Å². The van der Waals surface area contributed by atoms with Crippen molar-refractivity contribution >= 4 is 17.5 Å². The highest BCUT2D eigenvalue weighted by atomic mass is 32.2. The summed E-state index contributed by atoms with van der Waals surface area (Å²) in [5.41, 5.74) is -0.201. The summed E-state index contributed by atoms with van der Waals surface area (Å²) >= 11 is 1.89. The molecule has 2 saturated heterocycles. The largest absolute Gasteiger partial charge is 0.401 e. The van der Waals surface area contributed by atoms with Crippen LogP contribution in [0.15, 0.2) is 0 Å². The van der Waals surface area contributed by atoms with E-state index in [9.17, 15) is 18.0 Å². The summed E-state index contributed by atoms with van der Waals surface area (Å²) in [5, 5.41) is 2.19. The third kappa shape index (κ3) is 4.63. The number of carbonyl (C=O) groups excluding carboxylic acids is 1. The lowest BCUT2D eigenvalue weighted by Gasteiger charge is -2.43. The number of thioether (sulfide) groups is 1. The van der Waals surface area contributed by atoms with Crippen LogP contribution in [-0.4, -0.2) is 48.8 Å². The van der Waals surface area contributed by atoms with E-state index in [1.807, 2.05) is 11.8 Å². The fraction of sp³-hybridized carbons (Fsp3) is 0.923. The molecule has 3 nitrogen and oxygen atoms in total. The maximum atomic E-state index is 12.0. The molecule has 0 aliphatic carbocycles. The molecule has 0 aromatic heterocycles. The Kier molecular flexibility index (Phi) is 5.36. The topological polar surface area (TPSA) is 38.3 Å². The molecule has 0 amide bonds. The number of hydrogen-bond donors (Lipinski definition) is 1. The van der Waals surface area contributed by atoms with Gasteiger partial charge in [0.05, 0.1) is 18.7 Å². The Morgan fingerprint density at radius 1 is 1.35 bits per heavy atom. The van der Waals surface area contributed by atoms with Crippen LogP contribution in [0.5, 0.6) is 0 Å². The first-order valence-electron chi connectivity index (χ1n) is 6.92. The minimum Gasteiger partial charge on any atom is -0.375 e. The molecule has 0 aromatic carbocycles. The molecule has 1 unspecified atom stereocenters. The van der Waals surface area contributed by atoms with Crippen molar-refractivity contribution in [2.24, 2.45) is 5.92 Å². The lowest BCUT2D eigenvalue weighted by atomic mass is 9.80. The van der Waals surface area contributed by atoms with Crippen LogP contribution in [0.2, 0.25) is 0 Å². The highest BCUT2D eigenvalue weighted by Crippen LogP contribution is 2.39. The number of ether oxygens (including phenoxy) is 1. The summed E-state index contributed by atoms with van der Waals surface area (Å²) in [6.07, 6.45) is -1.09. The molecule has 1 atom stereocenters. The average molecular weight is 311 g/mol. The van der Waals surface area contributed by atoms with Crippen LogP contribution in [0.1, 0.15) is 25.7 Å². The molecule has 2 heterocycles. The monoisotopic (exact) mass is 311 g/mol. The number of ketones is 1. The van der Waals surface area contributed by atoms with Crippen LogP contribution >= 0.6 is 11.8 Å². The van der Waals surface area contributed by atoms with Crippen LogP contribution in [0, 0.1) is 5.92 Å². The van der Waals surface area contributed by atoms with Gasteiger partial charge in [0.2, 0.25) is 0 Å². The zero-order valence-electron chi connectivity index (χ0n) is 11.3. The Morgan fingerprint density at radius 2 is 2.05 bits per heavy atom. The molecule has 2 aliphatic rings. The van der Waals surface area contributed by atoms with Gasteiger partial charge >= 0.3 is 6.18 Å². The summed E-state index contributed by atoms with van der Waals surface area (Å²) in [6.45, 7) is -0.765. The fourth-order valence-corrected chi connectivity index (χ4v) is 4.10. The van der Waals surface area contributed by atoms with Crippen LogP contribution < -0.4 is 5.32 Å². The fourth-order valence-electron chi connectivity index (χ4n) is 2.87. The van der Waals surface area contributed by atoms with Gasteiger partial charge < -0.3 is 10.1 Å². The molecule has 116 valence electrons. The van der Waals surface area contributed by atoms with Gasteiger partial charge in [-0.25, -0.2) is 0 Å². The number of nitrogens with one attached hydrogen (secondary N) is 1. The maximum Gasteiger partial charge on any atom is 0.401 e. The molecule has 0 radical (unpaired) electrons. The van der Waals surface area contributed by atoms with Crippen LogP contribution in [0.3, 0.4) is 0 Å². The summed E-state index contributed by atoms with van der Waals surface area (Å²) in [7, 11) is 0. The first-order valence-corrected chi connectivity index (χ1v) is 8.08. The molecular weight excluding hydrogens is 291 g/mol.